The number of carbonyl (C=O) groups excluding carboxylic acids is 3. The second-order valence-corrected chi connectivity index (χ2v) is 10.9. The number of rotatable bonds is 3. The average Bonchev–Trinajstić information content (AvgIpc) is 3.08. The van der Waals surface area contributed by atoms with Crippen molar-refractivity contribution in [3.05, 3.63) is 23.8 Å². The summed E-state index contributed by atoms with van der Waals surface area (Å²) < 4.78 is 22.7. The molecule has 4 aliphatic rings. The summed E-state index contributed by atoms with van der Waals surface area (Å²) >= 11 is 0. The van der Waals surface area contributed by atoms with E-state index in [1.165, 1.54) is 27.0 Å². The van der Waals surface area contributed by atoms with Crippen molar-refractivity contribution < 1.29 is 43.5 Å². The summed E-state index contributed by atoms with van der Waals surface area (Å²) in [5.74, 6) is -4.51. The lowest BCUT2D eigenvalue weighted by molar-refractivity contribution is -0.343. The Balaban J connectivity index is 1.98. The third-order valence-corrected chi connectivity index (χ3v) is 8.95. The maximum absolute atomic E-state index is 12.6. The molecule has 4 rings (SSSR count). The summed E-state index contributed by atoms with van der Waals surface area (Å²) in [5.41, 5.74) is -3.05. The number of ether oxygens (including phenoxy) is 4. The van der Waals surface area contributed by atoms with Gasteiger partial charge in [-0.25, -0.2) is 4.79 Å². The SMILES string of the molecule is C=C1C2=CC(=O)O[C@]2(OC)C[C@H]2[C@H]1[C@@H](O)[C@H](OC(C)=O)[C@@]1(O)C(C)(C)CC[C@H](OC(C)=O)[C@]21C. The standard InChI is InChI=1S/C25H34O9/c1-12-15-10-18(28)34-24(15,31-7)11-16-19(12)20(29)21(33-14(3)27)25(30)22(4,5)9-8-17(23(16,25)6)32-13(2)26/h10,16-17,19-21,29-30H,1,8-9,11H2,2-7H3/t16-,17-,19-,20+,21-,23-,24+,25+/m0/s1. The van der Waals surface area contributed by atoms with Gasteiger partial charge in [0.15, 0.2) is 6.10 Å². The Morgan fingerprint density at radius 1 is 1.18 bits per heavy atom. The third kappa shape index (κ3) is 2.99. The summed E-state index contributed by atoms with van der Waals surface area (Å²) in [6, 6.07) is 0. The van der Waals surface area contributed by atoms with Crippen LogP contribution in [0.2, 0.25) is 0 Å². The zero-order valence-electron chi connectivity index (χ0n) is 20.5. The largest absolute Gasteiger partial charge is 0.462 e. The van der Waals surface area contributed by atoms with Gasteiger partial charge in [-0.1, -0.05) is 27.4 Å². The van der Waals surface area contributed by atoms with Gasteiger partial charge in [-0.3, -0.25) is 9.59 Å². The zero-order valence-corrected chi connectivity index (χ0v) is 20.5. The molecule has 0 saturated heterocycles. The van der Waals surface area contributed by atoms with E-state index in [-0.39, 0.29) is 6.42 Å². The van der Waals surface area contributed by atoms with E-state index in [1.807, 2.05) is 13.8 Å². The lowest BCUT2D eigenvalue weighted by Crippen LogP contribution is -2.80. The van der Waals surface area contributed by atoms with Crippen LogP contribution < -0.4 is 0 Å². The molecule has 0 radical (unpaired) electrons. The van der Waals surface area contributed by atoms with Gasteiger partial charge in [-0.2, -0.15) is 0 Å². The molecule has 0 aromatic heterocycles. The maximum atomic E-state index is 12.6. The monoisotopic (exact) mass is 478 g/mol. The van der Waals surface area contributed by atoms with E-state index in [2.05, 4.69) is 6.58 Å². The molecular formula is C25H34O9. The van der Waals surface area contributed by atoms with E-state index in [0.29, 0.717) is 24.0 Å². The van der Waals surface area contributed by atoms with Crippen molar-refractivity contribution in [2.24, 2.45) is 22.7 Å². The number of esters is 3. The number of aliphatic hydroxyl groups is 2. The van der Waals surface area contributed by atoms with Gasteiger partial charge in [0, 0.05) is 50.4 Å². The quantitative estimate of drug-likeness (QED) is 0.461. The fourth-order valence-electron chi connectivity index (χ4n) is 7.39. The molecule has 0 bridgehead atoms. The first kappa shape index (κ1) is 24.9. The highest BCUT2D eigenvalue weighted by molar-refractivity contribution is 5.88. The summed E-state index contributed by atoms with van der Waals surface area (Å²) in [5, 5.41) is 24.2. The minimum absolute atomic E-state index is 0.0985. The number of methoxy groups -OCH3 is 1. The third-order valence-electron chi connectivity index (χ3n) is 8.95. The van der Waals surface area contributed by atoms with Crippen molar-refractivity contribution in [3.8, 4) is 0 Å². The minimum atomic E-state index is -1.80. The molecule has 3 aliphatic carbocycles. The Kier molecular flexibility index (Phi) is 5.59. The lowest BCUT2D eigenvalue weighted by atomic mass is 9.39. The molecule has 9 heteroatoms. The molecule has 2 N–H and O–H groups in total. The Bertz CT molecular complexity index is 983. The van der Waals surface area contributed by atoms with Gasteiger partial charge >= 0.3 is 17.9 Å². The summed E-state index contributed by atoms with van der Waals surface area (Å²) in [7, 11) is 1.42. The highest BCUT2D eigenvalue weighted by atomic mass is 16.7. The number of hydrogen-bond acceptors (Lipinski definition) is 9. The minimum Gasteiger partial charge on any atom is -0.462 e. The fraction of sp³-hybridized carbons (Fsp3) is 0.720. The second-order valence-electron chi connectivity index (χ2n) is 10.9. The first-order valence-corrected chi connectivity index (χ1v) is 11.6. The molecule has 3 saturated carbocycles. The van der Waals surface area contributed by atoms with Crippen LogP contribution >= 0.6 is 0 Å². The van der Waals surface area contributed by atoms with E-state index < -0.39 is 70.3 Å². The normalized spacial score (nSPS) is 44.7. The Hall–Kier alpha value is -2.23. The van der Waals surface area contributed by atoms with E-state index in [0.717, 1.165) is 0 Å². The Labute approximate surface area is 199 Å². The van der Waals surface area contributed by atoms with Gasteiger partial charge in [0.25, 0.3) is 0 Å². The van der Waals surface area contributed by atoms with Gasteiger partial charge in [-0.05, 0) is 29.7 Å². The van der Waals surface area contributed by atoms with Crippen molar-refractivity contribution in [2.45, 2.75) is 83.6 Å². The molecule has 34 heavy (non-hydrogen) atoms. The van der Waals surface area contributed by atoms with Crippen LogP contribution in [0, 0.1) is 22.7 Å². The van der Waals surface area contributed by atoms with Crippen LogP contribution in [-0.2, 0) is 33.3 Å². The van der Waals surface area contributed by atoms with Crippen molar-refractivity contribution in [3.63, 3.8) is 0 Å². The molecule has 188 valence electrons. The predicted octanol–water partition coefficient (Wildman–Crippen LogP) is 1.80. The van der Waals surface area contributed by atoms with Crippen LogP contribution in [0.1, 0.15) is 53.9 Å². The Morgan fingerprint density at radius 2 is 1.79 bits per heavy atom. The molecule has 0 unspecified atom stereocenters. The molecule has 0 spiro atoms. The molecule has 3 fully saturated rings. The van der Waals surface area contributed by atoms with E-state index in [1.54, 1.807) is 6.92 Å². The molecular weight excluding hydrogens is 444 g/mol. The van der Waals surface area contributed by atoms with Crippen LogP contribution in [0.15, 0.2) is 23.8 Å². The molecule has 1 heterocycles. The topological polar surface area (TPSA) is 129 Å². The van der Waals surface area contributed by atoms with Crippen LogP contribution in [0.3, 0.4) is 0 Å². The highest BCUT2D eigenvalue weighted by Gasteiger charge is 2.77. The highest BCUT2D eigenvalue weighted by Crippen LogP contribution is 2.69. The van der Waals surface area contributed by atoms with E-state index in [9.17, 15) is 24.6 Å². The van der Waals surface area contributed by atoms with Crippen LogP contribution in [-0.4, -0.2) is 64.9 Å². The zero-order chi connectivity index (χ0) is 25.4. The molecule has 0 aromatic carbocycles. The Morgan fingerprint density at radius 3 is 2.35 bits per heavy atom. The molecule has 8 atom stereocenters. The average molecular weight is 479 g/mol. The van der Waals surface area contributed by atoms with Gasteiger partial charge < -0.3 is 29.2 Å². The van der Waals surface area contributed by atoms with Crippen molar-refractivity contribution in [1.82, 2.24) is 0 Å². The predicted molar refractivity (Wildman–Crippen MR) is 118 cm³/mol. The second kappa shape index (κ2) is 7.63. The lowest BCUT2D eigenvalue weighted by Gasteiger charge is -2.70. The summed E-state index contributed by atoms with van der Waals surface area (Å²) in [6.45, 7) is 12.2. The van der Waals surface area contributed by atoms with Gasteiger partial charge in [-0.15, -0.1) is 0 Å². The fourth-order valence-corrected chi connectivity index (χ4v) is 7.39. The smallest absolute Gasteiger partial charge is 0.334 e. The summed E-state index contributed by atoms with van der Waals surface area (Å²) in [6.07, 6.45) is -1.11. The van der Waals surface area contributed by atoms with Gasteiger partial charge in [0.05, 0.1) is 0 Å². The van der Waals surface area contributed by atoms with Crippen molar-refractivity contribution >= 4 is 17.9 Å². The van der Waals surface area contributed by atoms with E-state index >= 15 is 0 Å². The number of fused-ring (bicyclic) bond motifs is 4. The molecule has 0 aromatic rings. The molecule has 0 amide bonds. The van der Waals surface area contributed by atoms with Crippen molar-refractivity contribution in [1.29, 1.82) is 0 Å². The first-order chi connectivity index (χ1) is 15.7. The molecule has 9 nitrogen and oxygen atoms in total. The number of hydrogen-bond donors (Lipinski definition) is 2. The van der Waals surface area contributed by atoms with Crippen molar-refractivity contribution in [2.75, 3.05) is 7.11 Å². The van der Waals surface area contributed by atoms with Crippen LogP contribution in [0.25, 0.3) is 0 Å². The summed E-state index contributed by atoms with van der Waals surface area (Å²) in [4.78, 5) is 36.6. The molecule has 1 aliphatic heterocycles. The first-order valence-electron chi connectivity index (χ1n) is 11.6. The van der Waals surface area contributed by atoms with E-state index in [4.69, 9.17) is 18.9 Å². The van der Waals surface area contributed by atoms with Gasteiger partial charge in [0.1, 0.15) is 17.8 Å². The number of carbonyl (C=O) groups is 3. The van der Waals surface area contributed by atoms with Gasteiger partial charge in [0.2, 0.25) is 5.79 Å². The number of aliphatic hydroxyl groups excluding tert-OH is 1. The van der Waals surface area contributed by atoms with Crippen LogP contribution in [0.4, 0.5) is 0 Å². The maximum Gasteiger partial charge on any atom is 0.334 e. The van der Waals surface area contributed by atoms with Crippen LogP contribution in [0.5, 0.6) is 0 Å².